The zero-order valence-corrected chi connectivity index (χ0v) is 19.5. The van der Waals surface area contributed by atoms with Gasteiger partial charge < -0.3 is 16.4 Å². The van der Waals surface area contributed by atoms with E-state index in [-0.39, 0.29) is 35.9 Å². The first-order valence-corrected chi connectivity index (χ1v) is 10.1. The number of aliphatic imine (C=N–C) groups is 1. The second-order valence-corrected chi connectivity index (χ2v) is 7.46. The van der Waals surface area contributed by atoms with Gasteiger partial charge in [0, 0.05) is 17.3 Å². The third kappa shape index (κ3) is 6.45. The molecular formula is C23H31IN4O. The minimum Gasteiger partial charge on any atom is -0.370 e. The van der Waals surface area contributed by atoms with Crippen molar-refractivity contribution in [1.29, 1.82) is 0 Å². The molecule has 0 aliphatic heterocycles. The molecule has 0 radical (unpaired) electrons. The molecule has 5 nitrogen and oxygen atoms in total. The van der Waals surface area contributed by atoms with Crippen molar-refractivity contribution in [3.8, 4) is 0 Å². The number of nitrogens with one attached hydrogen (secondary N) is 2. The van der Waals surface area contributed by atoms with Crippen molar-refractivity contribution < 1.29 is 4.79 Å². The van der Waals surface area contributed by atoms with Gasteiger partial charge in [0.2, 0.25) is 0 Å². The van der Waals surface area contributed by atoms with Crippen LogP contribution in [0.15, 0.2) is 47.5 Å². The molecule has 156 valence electrons. The van der Waals surface area contributed by atoms with Crippen LogP contribution in [0.5, 0.6) is 0 Å². The Kier molecular flexibility index (Phi) is 8.95. The standard InChI is InChI=1S/C23H30N4O.HI/c1-3-16(2)26-22(28)19-11-6-8-17(14-19)15-25-23(24)27-21-13-7-10-18-9-4-5-12-20(18)21;/h6-8,10-11,13-14,16H,3-5,9,12,15H2,1-2H3,(H,26,28)(H3,24,25,27);1H. The smallest absolute Gasteiger partial charge is 0.251 e. The summed E-state index contributed by atoms with van der Waals surface area (Å²) in [6.07, 6.45) is 5.59. The van der Waals surface area contributed by atoms with Crippen molar-refractivity contribution in [3.05, 3.63) is 64.7 Å². The highest BCUT2D eigenvalue weighted by molar-refractivity contribution is 14.0. The van der Waals surface area contributed by atoms with Gasteiger partial charge in [0.05, 0.1) is 6.54 Å². The highest BCUT2D eigenvalue weighted by atomic mass is 127. The molecule has 4 N–H and O–H groups in total. The van der Waals surface area contributed by atoms with E-state index in [2.05, 4.69) is 40.7 Å². The molecule has 0 saturated heterocycles. The monoisotopic (exact) mass is 506 g/mol. The van der Waals surface area contributed by atoms with E-state index in [1.165, 1.54) is 24.0 Å². The van der Waals surface area contributed by atoms with Gasteiger partial charge in [0.25, 0.3) is 5.91 Å². The van der Waals surface area contributed by atoms with Gasteiger partial charge in [-0.15, -0.1) is 24.0 Å². The van der Waals surface area contributed by atoms with Crippen molar-refractivity contribution in [3.63, 3.8) is 0 Å². The SMILES string of the molecule is CCC(C)NC(=O)c1cccc(CN=C(N)Nc2cccc3c2CCCC3)c1.I. The minimum absolute atomic E-state index is 0. The summed E-state index contributed by atoms with van der Waals surface area (Å²) in [6, 6.07) is 14.0. The fourth-order valence-corrected chi connectivity index (χ4v) is 3.47. The summed E-state index contributed by atoms with van der Waals surface area (Å²) < 4.78 is 0. The normalized spacial score (nSPS) is 14.3. The van der Waals surface area contributed by atoms with Crippen LogP contribution in [0.2, 0.25) is 0 Å². The zero-order valence-electron chi connectivity index (χ0n) is 17.2. The highest BCUT2D eigenvalue weighted by Gasteiger charge is 2.13. The maximum Gasteiger partial charge on any atom is 0.251 e. The van der Waals surface area contributed by atoms with Crippen molar-refractivity contribution in [2.24, 2.45) is 10.7 Å². The Morgan fingerprint density at radius 3 is 2.72 bits per heavy atom. The van der Waals surface area contributed by atoms with Crippen LogP contribution < -0.4 is 16.4 Å². The molecule has 0 spiro atoms. The Labute approximate surface area is 190 Å². The molecule has 1 unspecified atom stereocenters. The predicted octanol–water partition coefficient (Wildman–Crippen LogP) is 4.64. The first kappa shape index (κ1) is 23.2. The largest absolute Gasteiger partial charge is 0.370 e. The number of nitrogens with two attached hydrogens (primary N) is 1. The Bertz CT molecular complexity index is 866. The van der Waals surface area contributed by atoms with Gasteiger partial charge in [0.1, 0.15) is 0 Å². The van der Waals surface area contributed by atoms with Crippen LogP contribution in [0.3, 0.4) is 0 Å². The molecule has 0 fully saturated rings. The maximum atomic E-state index is 12.3. The van der Waals surface area contributed by atoms with Gasteiger partial charge in [-0.25, -0.2) is 4.99 Å². The van der Waals surface area contributed by atoms with Crippen LogP contribution in [0.1, 0.15) is 60.2 Å². The number of nitrogens with zero attached hydrogens (tertiary/aromatic N) is 1. The summed E-state index contributed by atoms with van der Waals surface area (Å²) in [5, 5.41) is 6.25. The van der Waals surface area contributed by atoms with Gasteiger partial charge in [-0.1, -0.05) is 31.2 Å². The van der Waals surface area contributed by atoms with Crippen LogP contribution in [-0.2, 0) is 19.4 Å². The van der Waals surface area contributed by atoms with Crippen LogP contribution in [0, 0.1) is 0 Å². The van der Waals surface area contributed by atoms with Gasteiger partial charge in [-0.05, 0) is 73.9 Å². The summed E-state index contributed by atoms with van der Waals surface area (Å²) in [4.78, 5) is 16.8. The highest BCUT2D eigenvalue weighted by Crippen LogP contribution is 2.27. The van der Waals surface area contributed by atoms with Crippen molar-refractivity contribution in [2.45, 2.75) is 58.5 Å². The molecule has 1 atom stereocenters. The molecule has 1 aliphatic rings. The Hall–Kier alpha value is -2.09. The molecule has 1 amide bonds. The Morgan fingerprint density at radius 2 is 1.93 bits per heavy atom. The van der Waals surface area contributed by atoms with E-state index < -0.39 is 0 Å². The number of hydrogen-bond acceptors (Lipinski definition) is 2. The molecule has 0 saturated carbocycles. The summed E-state index contributed by atoms with van der Waals surface area (Å²) in [5.74, 6) is 0.343. The lowest BCUT2D eigenvalue weighted by molar-refractivity contribution is 0.0939. The molecule has 2 aromatic rings. The first-order valence-electron chi connectivity index (χ1n) is 10.1. The molecule has 1 aliphatic carbocycles. The van der Waals surface area contributed by atoms with Crippen LogP contribution in [0.25, 0.3) is 0 Å². The number of rotatable bonds is 6. The average molecular weight is 506 g/mol. The molecule has 0 bridgehead atoms. The summed E-state index contributed by atoms with van der Waals surface area (Å²) >= 11 is 0. The van der Waals surface area contributed by atoms with Crippen molar-refractivity contribution in [1.82, 2.24) is 5.32 Å². The number of aryl methyl sites for hydroxylation is 1. The van der Waals surface area contributed by atoms with E-state index in [1.807, 2.05) is 31.2 Å². The van der Waals surface area contributed by atoms with Crippen LogP contribution >= 0.6 is 24.0 Å². The number of carbonyl (C=O) groups is 1. The van der Waals surface area contributed by atoms with Gasteiger partial charge in [0.15, 0.2) is 5.96 Å². The maximum absolute atomic E-state index is 12.3. The average Bonchev–Trinajstić information content (AvgIpc) is 2.72. The third-order valence-electron chi connectivity index (χ3n) is 5.27. The molecule has 2 aromatic carbocycles. The van der Waals surface area contributed by atoms with E-state index in [1.54, 1.807) is 0 Å². The topological polar surface area (TPSA) is 79.5 Å². The predicted molar refractivity (Wildman–Crippen MR) is 131 cm³/mol. The van der Waals surface area contributed by atoms with Crippen molar-refractivity contribution >= 4 is 41.5 Å². The zero-order chi connectivity index (χ0) is 19.9. The van der Waals surface area contributed by atoms with Gasteiger partial charge in [-0.2, -0.15) is 0 Å². The number of anilines is 1. The molecule has 3 rings (SSSR count). The van der Waals surface area contributed by atoms with Crippen LogP contribution in [-0.4, -0.2) is 17.9 Å². The number of halogens is 1. The van der Waals surface area contributed by atoms with E-state index in [0.717, 1.165) is 30.5 Å². The molecule has 6 heteroatoms. The van der Waals surface area contributed by atoms with E-state index in [0.29, 0.717) is 18.1 Å². The number of hydrogen-bond donors (Lipinski definition) is 3. The lowest BCUT2D eigenvalue weighted by Crippen LogP contribution is -2.31. The van der Waals surface area contributed by atoms with Crippen LogP contribution in [0.4, 0.5) is 5.69 Å². The number of carbonyl (C=O) groups excluding carboxylic acids is 1. The quantitative estimate of drug-likeness (QED) is 0.304. The first-order chi connectivity index (χ1) is 13.6. The third-order valence-corrected chi connectivity index (χ3v) is 5.27. The Balaban J connectivity index is 0.00000300. The minimum atomic E-state index is -0.0535. The van der Waals surface area contributed by atoms with Gasteiger partial charge in [-0.3, -0.25) is 4.79 Å². The Morgan fingerprint density at radius 1 is 1.17 bits per heavy atom. The molecular weight excluding hydrogens is 475 g/mol. The fraction of sp³-hybridized carbons (Fsp3) is 0.391. The summed E-state index contributed by atoms with van der Waals surface area (Å²) in [6.45, 7) is 4.48. The number of benzene rings is 2. The molecule has 29 heavy (non-hydrogen) atoms. The van der Waals surface area contributed by atoms with Gasteiger partial charge >= 0.3 is 0 Å². The summed E-state index contributed by atoms with van der Waals surface area (Å²) in [5.41, 5.74) is 11.6. The summed E-state index contributed by atoms with van der Waals surface area (Å²) in [7, 11) is 0. The molecule has 0 heterocycles. The van der Waals surface area contributed by atoms with E-state index >= 15 is 0 Å². The fourth-order valence-electron chi connectivity index (χ4n) is 3.47. The lowest BCUT2D eigenvalue weighted by Gasteiger charge is -2.19. The lowest BCUT2D eigenvalue weighted by atomic mass is 9.90. The number of amides is 1. The van der Waals surface area contributed by atoms with E-state index in [9.17, 15) is 4.79 Å². The second-order valence-electron chi connectivity index (χ2n) is 7.46. The number of guanidine groups is 1. The van der Waals surface area contributed by atoms with E-state index in [4.69, 9.17) is 5.73 Å². The molecule has 0 aromatic heterocycles. The van der Waals surface area contributed by atoms with Crippen molar-refractivity contribution in [2.75, 3.05) is 5.32 Å². The second kappa shape index (κ2) is 11.2. The number of fused-ring (bicyclic) bond motifs is 1.